The summed E-state index contributed by atoms with van der Waals surface area (Å²) in [6, 6.07) is 14.0. The summed E-state index contributed by atoms with van der Waals surface area (Å²) in [4.78, 5) is 21.2. The van der Waals surface area contributed by atoms with Gasteiger partial charge in [0, 0.05) is 30.9 Å². The molecule has 0 saturated carbocycles. The molecule has 4 nitrogen and oxygen atoms in total. The SMILES string of the molecule is Cc1ccc([C@@H](C(=O)N2CC(c3ccccn3)C2)N(C)C)cc1. The Balaban J connectivity index is 1.70. The second-order valence-corrected chi connectivity index (χ2v) is 6.47. The first-order valence-electron chi connectivity index (χ1n) is 7.99. The van der Waals surface area contributed by atoms with E-state index in [1.807, 2.05) is 60.4 Å². The topological polar surface area (TPSA) is 36.4 Å². The molecule has 120 valence electrons. The van der Waals surface area contributed by atoms with E-state index in [0.29, 0.717) is 5.92 Å². The summed E-state index contributed by atoms with van der Waals surface area (Å²) in [7, 11) is 3.91. The lowest BCUT2D eigenvalue weighted by Crippen LogP contribution is -2.52. The molecule has 0 aliphatic carbocycles. The smallest absolute Gasteiger partial charge is 0.244 e. The molecule has 4 heteroatoms. The minimum absolute atomic E-state index is 0.172. The van der Waals surface area contributed by atoms with Gasteiger partial charge in [0.1, 0.15) is 6.04 Å². The Morgan fingerprint density at radius 2 is 1.87 bits per heavy atom. The molecule has 2 heterocycles. The number of likely N-dealkylation sites (tertiary alicyclic amines) is 1. The van der Waals surface area contributed by atoms with Crippen LogP contribution in [-0.4, -0.2) is 47.9 Å². The summed E-state index contributed by atoms with van der Waals surface area (Å²) in [6.07, 6.45) is 1.81. The van der Waals surface area contributed by atoms with Crippen LogP contribution in [0.25, 0.3) is 0 Å². The van der Waals surface area contributed by atoms with Crippen LogP contribution in [0.1, 0.15) is 28.8 Å². The third-order valence-electron chi connectivity index (χ3n) is 4.44. The third-order valence-corrected chi connectivity index (χ3v) is 4.44. The highest BCUT2D eigenvalue weighted by Gasteiger charge is 2.37. The van der Waals surface area contributed by atoms with E-state index in [-0.39, 0.29) is 11.9 Å². The van der Waals surface area contributed by atoms with Crippen LogP contribution in [0.4, 0.5) is 0 Å². The van der Waals surface area contributed by atoms with E-state index < -0.39 is 0 Å². The molecule has 23 heavy (non-hydrogen) atoms. The van der Waals surface area contributed by atoms with Gasteiger partial charge in [-0.2, -0.15) is 0 Å². The maximum Gasteiger partial charge on any atom is 0.244 e. The number of likely N-dealkylation sites (N-methyl/N-ethyl adjacent to an activating group) is 1. The van der Waals surface area contributed by atoms with Crippen molar-refractivity contribution >= 4 is 5.91 Å². The Hall–Kier alpha value is -2.20. The predicted octanol–water partition coefficient (Wildman–Crippen LogP) is 2.62. The van der Waals surface area contributed by atoms with Crippen LogP contribution < -0.4 is 0 Å². The van der Waals surface area contributed by atoms with Crippen molar-refractivity contribution in [3.8, 4) is 0 Å². The first-order chi connectivity index (χ1) is 11.1. The maximum absolute atomic E-state index is 12.9. The van der Waals surface area contributed by atoms with Gasteiger partial charge in [-0.1, -0.05) is 35.9 Å². The van der Waals surface area contributed by atoms with Crippen molar-refractivity contribution in [3.63, 3.8) is 0 Å². The average Bonchev–Trinajstić information content (AvgIpc) is 2.49. The largest absolute Gasteiger partial charge is 0.340 e. The normalized spacial score (nSPS) is 16.3. The minimum atomic E-state index is -0.222. The maximum atomic E-state index is 12.9. The van der Waals surface area contributed by atoms with E-state index in [1.165, 1.54) is 5.56 Å². The zero-order valence-electron chi connectivity index (χ0n) is 13.9. The lowest BCUT2D eigenvalue weighted by atomic mass is 9.93. The van der Waals surface area contributed by atoms with Gasteiger partial charge >= 0.3 is 0 Å². The van der Waals surface area contributed by atoms with Crippen molar-refractivity contribution in [1.29, 1.82) is 0 Å². The lowest BCUT2D eigenvalue weighted by Gasteiger charge is -2.42. The quantitative estimate of drug-likeness (QED) is 0.871. The van der Waals surface area contributed by atoms with Gasteiger partial charge in [-0.3, -0.25) is 14.7 Å². The van der Waals surface area contributed by atoms with E-state index >= 15 is 0 Å². The molecule has 1 atom stereocenters. The Bertz CT molecular complexity index is 661. The zero-order valence-corrected chi connectivity index (χ0v) is 13.9. The second-order valence-electron chi connectivity index (χ2n) is 6.47. The van der Waals surface area contributed by atoms with Crippen LogP contribution in [0, 0.1) is 6.92 Å². The lowest BCUT2D eigenvalue weighted by molar-refractivity contribution is -0.141. The summed E-state index contributed by atoms with van der Waals surface area (Å²) in [5.74, 6) is 0.534. The second kappa shape index (κ2) is 6.50. The average molecular weight is 309 g/mol. The minimum Gasteiger partial charge on any atom is -0.340 e. The van der Waals surface area contributed by atoms with Gasteiger partial charge in [-0.05, 0) is 38.7 Å². The molecule has 1 aromatic heterocycles. The van der Waals surface area contributed by atoms with Crippen LogP contribution in [0.2, 0.25) is 0 Å². The Morgan fingerprint density at radius 1 is 1.17 bits per heavy atom. The highest BCUT2D eigenvalue weighted by molar-refractivity contribution is 5.84. The number of benzene rings is 1. The highest BCUT2D eigenvalue weighted by Crippen LogP contribution is 2.30. The fourth-order valence-corrected chi connectivity index (χ4v) is 3.05. The first-order valence-corrected chi connectivity index (χ1v) is 7.99. The number of aryl methyl sites for hydroxylation is 1. The van der Waals surface area contributed by atoms with E-state index in [0.717, 1.165) is 24.3 Å². The number of aromatic nitrogens is 1. The van der Waals surface area contributed by atoms with Crippen molar-refractivity contribution in [2.75, 3.05) is 27.2 Å². The standard InChI is InChI=1S/C19H23N3O/c1-14-7-9-15(10-8-14)18(21(2)3)19(23)22-12-16(13-22)17-6-4-5-11-20-17/h4-11,16,18H,12-13H2,1-3H3/t18-/m0/s1. The van der Waals surface area contributed by atoms with Crippen LogP contribution >= 0.6 is 0 Å². The number of carbonyl (C=O) groups is 1. The van der Waals surface area contributed by atoms with Gasteiger partial charge in [0.2, 0.25) is 5.91 Å². The van der Waals surface area contributed by atoms with Crippen molar-refractivity contribution in [1.82, 2.24) is 14.8 Å². The molecule has 1 fully saturated rings. The van der Waals surface area contributed by atoms with Gasteiger partial charge in [0.05, 0.1) is 0 Å². The number of pyridine rings is 1. The molecule has 0 N–H and O–H groups in total. The highest BCUT2D eigenvalue weighted by atomic mass is 16.2. The number of nitrogens with zero attached hydrogens (tertiary/aromatic N) is 3. The molecule has 0 bridgehead atoms. The molecule has 3 rings (SSSR count). The molecule has 1 saturated heterocycles. The Kier molecular flexibility index (Phi) is 4.44. The summed E-state index contributed by atoms with van der Waals surface area (Å²) in [5.41, 5.74) is 3.33. The molecular weight excluding hydrogens is 286 g/mol. The van der Waals surface area contributed by atoms with E-state index in [1.54, 1.807) is 0 Å². The number of carbonyl (C=O) groups excluding carboxylic acids is 1. The van der Waals surface area contributed by atoms with Crippen molar-refractivity contribution in [3.05, 3.63) is 65.5 Å². The Labute approximate surface area is 137 Å². The van der Waals surface area contributed by atoms with Crippen LogP contribution in [-0.2, 0) is 4.79 Å². The number of hydrogen-bond donors (Lipinski definition) is 0. The number of amides is 1. The summed E-state index contributed by atoms with van der Waals surface area (Å²) in [6.45, 7) is 3.57. The first kappa shape index (κ1) is 15.7. The fourth-order valence-electron chi connectivity index (χ4n) is 3.05. The summed E-state index contributed by atoms with van der Waals surface area (Å²) in [5, 5.41) is 0. The predicted molar refractivity (Wildman–Crippen MR) is 91.2 cm³/mol. The van der Waals surface area contributed by atoms with Crippen molar-refractivity contribution in [2.45, 2.75) is 18.9 Å². The third kappa shape index (κ3) is 3.27. The molecule has 0 unspecified atom stereocenters. The molecular formula is C19H23N3O. The summed E-state index contributed by atoms with van der Waals surface area (Å²) < 4.78 is 0. The Morgan fingerprint density at radius 3 is 2.43 bits per heavy atom. The monoisotopic (exact) mass is 309 g/mol. The van der Waals surface area contributed by atoms with Gasteiger partial charge in [0.15, 0.2) is 0 Å². The molecule has 1 aromatic carbocycles. The molecule has 2 aromatic rings. The molecule has 1 amide bonds. The van der Waals surface area contributed by atoms with Gasteiger partial charge in [-0.15, -0.1) is 0 Å². The molecule has 1 aliphatic heterocycles. The number of rotatable bonds is 4. The van der Waals surface area contributed by atoms with E-state index in [2.05, 4.69) is 24.0 Å². The van der Waals surface area contributed by atoms with Gasteiger partial charge in [-0.25, -0.2) is 0 Å². The molecule has 0 spiro atoms. The van der Waals surface area contributed by atoms with E-state index in [9.17, 15) is 4.79 Å². The van der Waals surface area contributed by atoms with Crippen molar-refractivity contribution < 1.29 is 4.79 Å². The van der Waals surface area contributed by atoms with Gasteiger partial charge in [0.25, 0.3) is 0 Å². The van der Waals surface area contributed by atoms with Crippen LogP contribution in [0.3, 0.4) is 0 Å². The summed E-state index contributed by atoms with van der Waals surface area (Å²) >= 11 is 0. The van der Waals surface area contributed by atoms with Crippen molar-refractivity contribution in [2.24, 2.45) is 0 Å². The van der Waals surface area contributed by atoms with Crippen LogP contribution in [0.15, 0.2) is 48.7 Å². The van der Waals surface area contributed by atoms with E-state index in [4.69, 9.17) is 0 Å². The molecule has 0 radical (unpaired) electrons. The van der Waals surface area contributed by atoms with Crippen LogP contribution in [0.5, 0.6) is 0 Å². The van der Waals surface area contributed by atoms with Gasteiger partial charge < -0.3 is 4.90 Å². The number of hydrogen-bond acceptors (Lipinski definition) is 3. The fraction of sp³-hybridized carbons (Fsp3) is 0.368. The molecule has 1 aliphatic rings. The zero-order chi connectivity index (χ0) is 16.4.